The highest BCUT2D eigenvalue weighted by Crippen LogP contribution is 2.25. The van der Waals surface area contributed by atoms with E-state index >= 15 is 0 Å². The molecule has 1 N–H and O–H groups in total. The predicted molar refractivity (Wildman–Crippen MR) is 96.5 cm³/mol. The minimum absolute atomic E-state index is 0.0388. The van der Waals surface area contributed by atoms with Crippen molar-refractivity contribution in [3.63, 3.8) is 0 Å². The Morgan fingerprint density at radius 1 is 1.15 bits per heavy atom. The van der Waals surface area contributed by atoms with E-state index in [0.717, 1.165) is 24.4 Å². The molecule has 2 aromatic heterocycles. The van der Waals surface area contributed by atoms with Crippen molar-refractivity contribution in [2.45, 2.75) is 18.9 Å². The first kappa shape index (κ1) is 16.6. The fraction of sp³-hybridized carbons (Fsp3) is 0.300. The van der Waals surface area contributed by atoms with Crippen LogP contribution in [0.4, 0.5) is 0 Å². The third kappa shape index (κ3) is 3.55. The second-order valence-electron chi connectivity index (χ2n) is 6.43. The number of likely N-dealkylation sites (tertiary alicyclic amines) is 1. The maximum absolute atomic E-state index is 12.5. The topological polar surface area (TPSA) is 71.5 Å². The number of hydrogen-bond donors (Lipinski definition) is 1. The van der Waals surface area contributed by atoms with E-state index in [4.69, 9.17) is 8.94 Å². The van der Waals surface area contributed by atoms with Gasteiger partial charge in [0.15, 0.2) is 11.5 Å². The monoisotopic (exact) mass is 351 g/mol. The van der Waals surface area contributed by atoms with Gasteiger partial charge in [-0.2, -0.15) is 0 Å². The van der Waals surface area contributed by atoms with Gasteiger partial charge >= 0.3 is 0 Å². The number of furan rings is 1. The Morgan fingerprint density at radius 3 is 2.69 bits per heavy atom. The molecule has 0 aliphatic carbocycles. The standard InChI is InChI=1S/C20H21N3O3/c24-20(16-13-19(26-22-16)15-7-2-1-3-8-15)21-14-17(18-9-6-12-25-18)23-10-4-5-11-23/h1-3,6-9,12-13,17H,4-5,10-11,14H2,(H,21,24)/t17-/m0/s1. The Morgan fingerprint density at radius 2 is 1.96 bits per heavy atom. The van der Waals surface area contributed by atoms with Crippen molar-refractivity contribution >= 4 is 5.91 Å². The summed E-state index contributed by atoms with van der Waals surface area (Å²) < 4.78 is 10.9. The van der Waals surface area contributed by atoms with Crippen molar-refractivity contribution in [2.24, 2.45) is 0 Å². The summed E-state index contributed by atoms with van der Waals surface area (Å²) in [4.78, 5) is 14.8. The number of aromatic nitrogens is 1. The zero-order valence-corrected chi connectivity index (χ0v) is 14.4. The SMILES string of the molecule is O=C(NC[C@@H](c1ccco1)N1CCCC1)c1cc(-c2ccccc2)on1. The molecule has 0 spiro atoms. The molecule has 0 radical (unpaired) electrons. The van der Waals surface area contributed by atoms with Crippen LogP contribution in [0.3, 0.4) is 0 Å². The first-order valence-electron chi connectivity index (χ1n) is 8.89. The lowest BCUT2D eigenvalue weighted by Gasteiger charge is -2.25. The lowest BCUT2D eigenvalue weighted by atomic mass is 10.1. The Bertz CT molecular complexity index is 836. The predicted octanol–water partition coefficient (Wildman–Crippen LogP) is 3.50. The lowest BCUT2D eigenvalue weighted by Crippen LogP contribution is -2.36. The zero-order chi connectivity index (χ0) is 17.8. The third-order valence-electron chi connectivity index (χ3n) is 4.71. The van der Waals surface area contributed by atoms with Crippen molar-refractivity contribution in [1.82, 2.24) is 15.4 Å². The maximum atomic E-state index is 12.5. The van der Waals surface area contributed by atoms with E-state index in [0.29, 0.717) is 12.3 Å². The summed E-state index contributed by atoms with van der Waals surface area (Å²) in [5.41, 5.74) is 1.17. The summed E-state index contributed by atoms with van der Waals surface area (Å²) in [6.45, 7) is 2.51. The Hall–Kier alpha value is -2.86. The molecule has 1 aliphatic rings. The van der Waals surface area contributed by atoms with Crippen LogP contribution >= 0.6 is 0 Å². The van der Waals surface area contributed by atoms with Gasteiger partial charge in [0, 0.05) is 18.2 Å². The molecular formula is C20H21N3O3. The van der Waals surface area contributed by atoms with Gasteiger partial charge in [0.1, 0.15) is 5.76 Å². The maximum Gasteiger partial charge on any atom is 0.273 e. The summed E-state index contributed by atoms with van der Waals surface area (Å²) in [7, 11) is 0. The largest absolute Gasteiger partial charge is 0.468 e. The highest BCUT2D eigenvalue weighted by Gasteiger charge is 2.26. The van der Waals surface area contributed by atoms with Gasteiger partial charge in [-0.1, -0.05) is 35.5 Å². The van der Waals surface area contributed by atoms with Crippen molar-refractivity contribution < 1.29 is 13.7 Å². The number of carbonyl (C=O) groups is 1. The van der Waals surface area contributed by atoms with Crippen LogP contribution in [0.1, 0.15) is 35.1 Å². The van der Waals surface area contributed by atoms with Crippen molar-refractivity contribution in [2.75, 3.05) is 19.6 Å². The molecule has 134 valence electrons. The number of nitrogens with zero attached hydrogens (tertiary/aromatic N) is 2. The van der Waals surface area contributed by atoms with E-state index in [1.54, 1.807) is 12.3 Å². The molecule has 1 amide bonds. The van der Waals surface area contributed by atoms with Crippen LogP contribution in [0.25, 0.3) is 11.3 Å². The van der Waals surface area contributed by atoms with Crippen molar-refractivity contribution in [3.8, 4) is 11.3 Å². The summed E-state index contributed by atoms with van der Waals surface area (Å²) in [6.07, 6.45) is 4.02. The average Bonchev–Trinajstić information content (AvgIpc) is 3.44. The van der Waals surface area contributed by atoms with Crippen LogP contribution in [-0.2, 0) is 0 Å². The molecule has 1 saturated heterocycles. The van der Waals surface area contributed by atoms with Gasteiger partial charge in [-0.05, 0) is 38.1 Å². The molecule has 3 aromatic rings. The first-order chi connectivity index (χ1) is 12.8. The fourth-order valence-corrected chi connectivity index (χ4v) is 3.34. The van der Waals surface area contributed by atoms with Gasteiger partial charge in [-0.3, -0.25) is 9.69 Å². The van der Waals surface area contributed by atoms with Gasteiger partial charge in [-0.15, -0.1) is 0 Å². The molecule has 26 heavy (non-hydrogen) atoms. The molecule has 0 saturated carbocycles. The van der Waals surface area contributed by atoms with E-state index in [9.17, 15) is 4.79 Å². The number of nitrogens with one attached hydrogen (secondary N) is 1. The molecular weight excluding hydrogens is 330 g/mol. The van der Waals surface area contributed by atoms with Gasteiger partial charge in [0.2, 0.25) is 0 Å². The van der Waals surface area contributed by atoms with E-state index in [2.05, 4.69) is 15.4 Å². The Kier molecular flexibility index (Phi) is 4.84. The van der Waals surface area contributed by atoms with Crippen LogP contribution in [0.5, 0.6) is 0 Å². The fourth-order valence-electron chi connectivity index (χ4n) is 3.34. The van der Waals surface area contributed by atoms with Crippen LogP contribution in [0.2, 0.25) is 0 Å². The molecule has 0 bridgehead atoms. The second-order valence-corrected chi connectivity index (χ2v) is 6.43. The molecule has 1 atom stereocenters. The lowest BCUT2D eigenvalue weighted by molar-refractivity contribution is 0.0925. The van der Waals surface area contributed by atoms with Crippen LogP contribution in [-0.4, -0.2) is 35.6 Å². The Labute approximate surface area is 151 Å². The Balaban J connectivity index is 1.43. The second kappa shape index (κ2) is 7.58. The summed E-state index contributed by atoms with van der Waals surface area (Å²) >= 11 is 0. The van der Waals surface area contributed by atoms with Gasteiger partial charge < -0.3 is 14.3 Å². The molecule has 6 heteroatoms. The van der Waals surface area contributed by atoms with E-state index in [1.807, 2.05) is 42.5 Å². The van der Waals surface area contributed by atoms with Gasteiger partial charge in [0.05, 0.1) is 12.3 Å². The molecule has 1 fully saturated rings. The quantitative estimate of drug-likeness (QED) is 0.736. The highest BCUT2D eigenvalue weighted by molar-refractivity contribution is 5.93. The summed E-state index contributed by atoms with van der Waals surface area (Å²) in [5.74, 6) is 1.21. The van der Waals surface area contributed by atoms with Crippen LogP contribution in [0, 0.1) is 0 Å². The normalized spacial score (nSPS) is 15.8. The van der Waals surface area contributed by atoms with Gasteiger partial charge in [-0.25, -0.2) is 0 Å². The number of hydrogen-bond acceptors (Lipinski definition) is 5. The van der Waals surface area contributed by atoms with E-state index in [-0.39, 0.29) is 17.6 Å². The van der Waals surface area contributed by atoms with Crippen LogP contribution < -0.4 is 5.32 Å². The van der Waals surface area contributed by atoms with Gasteiger partial charge in [0.25, 0.3) is 5.91 Å². The minimum atomic E-state index is -0.244. The van der Waals surface area contributed by atoms with E-state index in [1.165, 1.54) is 12.8 Å². The average molecular weight is 351 g/mol. The highest BCUT2D eigenvalue weighted by atomic mass is 16.5. The number of rotatable bonds is 6. The smallest absolute Gasteiger partial charge is 0.273 e. The number of carbonyl (C=O) groups excluding carboxylic acids is 1. The number of benzene rings is 1. The molecule has 0 unspecified atom stereocenters. The molecule has 6 nitrogen and oxygen atoms in total. The first-order valence-corrected chi connectivity index (χ1v) is 8.89. The molecule has 1 aliphatic heterocycles. The van der Waals surface area contributed by atoms with E-state index < -0.39 is 0 Å². The number of amides is 1. The van der Waals surface area contributed by atoms with Crippen molar-refractivity contribution in [3.05, 3.63) is 66.2 Å². The minimum Gasteiger partial charge on any atom is -0.468 e. The molecule has 3 heterocycles. The third-order valence-corrected chi connectivity index (χ3v) is 4.71. The zero-order valence-electron chi connectivity index (χ0n) is 14.4. The molecule has 1 aromatic carbocycles. The summed E-state index contributed by atoms with van der Waals surface area (Å²) in [5, 5.41) is 6.87. The molecule has 4 rings (SSSR count). The van der Waals surface area contributed by atoms with Crippen molar-refractivity contribution in [1.29, 1.82) is 0 Å². The summed E-state index contributed by atoms with van der Waals surface area (Å²) in [6, 6.07) is 15.1. The van der Waals surface area contributed by atoms with Crippen LogP contribution in [0.15, 0.2) is 63.7 Å².